The highest BCUT2D eigenvalue weighted by molar-refractivity contribution is 5.21. The molecule has 102 valence electrons. The summed E-state index contributed by atoms with van der Waals surface area (Å²) in [6, 6.07) is 0.492. The fourth-order valence-electron chi connectivity index (χ4n) is 3.36. The molecular weight excluding hydrogens is 222 g/mol. The first-order valence-electron chi connectivity index (χ1n) is 7.35. The van der Waals surface area contributed by atoms with E-state index < -0.39 is 0 Å². The zero-order chi connectivity index (χ0) is 13.1. The van der Waals surface area contributed by atoms with Gasteiger partial charge in [-0.15, -0.1) is 0 Å². The number of aryl methyl sites for hydroxylation is 1. The largest absolute Gasteiger partial charge is 0.310 e. The first-order chi connectivity index (χ1) is 8.63. The zero-order valence-corrected chi connectivity index (χ0v) is 12.2. The average molecular weight is 249 g/mol. The zero-order valence-electron chi connectivity index (χ0n) is 12.2. The van der Waals surface area contributed by atoms with Crippen LogP contribution in [0.3, 0.4) is 0 Å². The Hall–Kier alpha value is -0.830. The average Bonchev–Trinajstić information content (AvgIpc) is 2.67. The van der Waals surface area contributed by atoms with E-state index in [0.29, 0.717) is 6.04 Å². The van der Waals surface area contributed by atoms with Crippen LogP contribution in [-0.4, -0.2) is 16.3 Å². The monoisotopic (exact) mass is 249 g/mol. The first-order valence-corrected chi connectivity index (χ1v) is 7.35. The van der Waals surface area contributed by atoms with Crippen molar-refractivity contribution >= 4 is 0 Å². The molecule has 1 N–H and O–H groups in total. The molecule has 3 atom stereocenters. The van der Waals surface area contributed by atoms with Gasteiger partial charge in [0, 0.05) is 24.3 Å². The van der Waals surface area contributed by atoms with Gasteiger partial charge < -0.3 is 5.32 Å². The highest BCUT2D eigenvalue weighted by Crippen LogP contribution is 2.37. The van der Waals surface area contributed by atoms with E-state index in [1.54, 1.807) is 0 Å². The Morgan fingerprint density at radius 2 is 2.28 bits per heavy atom. The maximum Gasteiger partial charge on any atom is 0.0540 e. The third-order valence-electron chi connectivity index (χ3n) is 4.48. The predicted molar refractivity (Wildman–Crippen MR) is 75.5 cm³/mol. The van der Waals surface area contributed by atoms with E-state index in [-0.39, 0.29) is 0 Å². The molecule has 3 nitrogen and oxygen atoms in total. The fourth-order valence-corrected chi connectivity index (χ4v) is 3.36. The fraction of sp³-hybridized carbons (Fsp3) is 0.800. The second-order valence-electron chi connectivity index (χ2n) is 5.88. The van der Waals surface area contributed by atoms with E-state index in [4.69, 9.17) is 0 Å². The summed E-state index contributed by atoms with van der Waals surface area (Å²) in [5.41, 5.74) is 2.71. The number of hydrogen-bond donors (Lipinski definition) is 1. The minimum Gasteiger partial charge on any atom is -0.310 e. The summed E-state index contributed by atoms with van der Waals surface area (Å²) in [5, 5.41) is 8.10. The van der Waals surface area contributed by atoms with Crippen molar-refractivity contribution in [1.82, 2.24) is 15.1 Å². The number of rotatable bonds is 4. The van der Waals surface area contributed by atoms with Crippen LogP contribution in [-0.2, 0) is 7.05 Å². The highest BCUT2D eigenvalue weighted by Gasteiger charge is 2.29. The molecule has 0 bridgehead atoms. The van der Waals surface area contributed by atoms with Crippen LogP contribution in [0.1, 0.15) is 56.8 Å². The molecule has 0 amide bonds. The van der Waals surface area contributed by atoms with Crippen LogP contribution in [0.25, 0.3) is 0 Å². The summed E-state index contributed by atoms with van der Waals surface area (Å²) < 4.78 is 1.99. The quantitative estimate of drug-likeness (QED) is 0.888. The first kappa shape index (κ1) is 13.6. The molecule has 1 saturated carbocycles. The molecule has 0 aliphatic heterocycles. The molecule has 18 heavy (non-hydrogen) atoms. The van der Waals surface area contributed by atoms with Crippen LogP contribution in [0.15, 0.2) is 6.20 Å². The minimum absolute atomic E-state index is 0.492. The predicted octanol–water partition coefficient (Wildman–Crippen LogP) is 3.21. The molecule has 0 spiro atoms. The van der Waals surface area contributed by atoms with Crippen molar-refractivity contribution in [2.45, 2.75) is 52.5 Å². The summed E-state index contributed by atoms with van der Waals surface area (Å²) >= 11 is 0. The lowest BCUT2D eigenvalue weighted by molar-refractivity contribution is 0.225. The molecule has 0 saturated heterocycles. The molecule has 1 fully saturated rings. The lowest BCUT2D eigenvalue weighted by atomic mass is 9.76. The molecule has 3 unspecified atom stereocenters. The Balaban J connectivity index is 2.19. The van der Waals surface area contributed by atoms with Crippen molar-refractivity contribution < 1.29 is 0 Å². The van der Waals surface area contributed by atoms with Gasteiger partial charge in [-0.1, -0.05) is 26.7 Å². The van der Waals surface area contributed by atoms with Gasteiger partial charge >= 0.3 is 0 Å². The summed E-state index contributed by atoms with van der Waals surface area (Å²) in [4.78, 5) is 0. The van der Waals surface area contributed by atoms with Crippen LogP contribution in [0.2, 0.25) is 0 Å². The van der Waals surface area contributed by atoms with Gasteiger partial charge in [-0.25, -0.2) is 0 Å². The van der Waals surface area contributed by atoms with Crippen LogP contribution >= 0.6 is 0 Å². The molecule has 1 aliphatic carbocycles. The standard InChI is InChI=1S/C15H27N3/c1-5-16-15(13-8-6-7-11(2)9-13)14-10-17-18(4)12(14)3/h10-11,13,15-16H,5-9H2,1-4H3. The van der Waals surface area contributed by atoms with Crippen molar-refractivity contribution in [3.63, 3.8) is 0 Å². The van der Waals surface area contributed by atoms with E-state index in [1.165, 1.54) is 36.9 Å². The van der Waals surface area contributed by atoms with Crippen LogP contribution in [0.4, 0.5) is 0 Å². The minimum atomic E-state index is 0.492. The van der Waals surface area contributed by atoms with Crippen molar-refractivity contribution in [1.29, 1.82) is 0 Å². The van der Waals surface area contributed by atoms with Gasteiger partial charge in [0.15, 0.2) is 0 Å². The normalized spacial score (nSPS) is 26.2. The smallest absolute Gasteiger partial charge is 0.0540 e. The maximum absolute atomic E-state index is 4.41. The molecular formula is C15H27N3. The third kappa shape index (κ3) is 2.77. The Bertz CT molecular complexity index is 383. The van der Waals surface area contributed by atoms with E-state index in [1.807, 2.05) is 11.7 Å². The van der Waals surface area contributed by atoms with E-state index in [2.05, 4.69) is 37.4 Å². The van der Waals surface area contributed by atoms with Crippen molar-refractivity contribution in [3.05, 3.63) is 17.5 Å². The maximum atomic E-state index is 4.41. The summed E-state index contributed by atoms with van der Waals surface area (Å²) in [5.74, 6) is 1.65. The van der Waals surface area contributed by atoms with Gasteiger partial charge in [0.1, 0.15) is 0 Å². The third-order valence-corrected chi connectivity index (χ3v) is 4.48. The van der Waals surface area contributed by atoms with Crippen molar-refractivity contribution in [2.24, 2.45) is 18.9 Å². The van der Waals surface area contributed by atoms with Gasteiger partial charge in [0.05, 0.1) is 6.20 Å². The molecule has 2 rings (SSSR count). The number of hydrogen-bond acceptors (Lipinski definition) is 2. The van der Waals surface area contributed by atoms with Crippen molar-refractivity contribution in [2.75, 3.05) is 6.54 Å². The Labute approximate surface area is 111 Å². The van der Waals surface area contributed by atoms with Crippen LogP contribution < -0.4 is 5.32 Å². The Morgan fingerprint density at radius 1 is 1.50 bits per heavy atom. The van der Waals surface area contributed by atoms with Gasteiger partial charge in [-0.3, -0.25) is 4.68 Å². The van der Waals surface area contributed by atoms with E-state index >= 15 is 0 Å². The van der Waals surface area contributed by atoms with Crippen LogP contribution in [0, 0.1) is 18.8 Å². The molecule has 1 aromatic rings. The number of aromatic nitrogens is 2. The molecule has 1 aliphatic rings. The Kier molecular flexibility index (Phi) is 4.44. The molecule has 1 aromatic heterocycles. The molecule has 3 heteroatoms. The lowest BCUT2D eigenvalue weighted by Gasteiger charge is -2.33. The number of nitrogens with one attached hydrogen (secondary N) is 1. The molecule has 1 heterocycles. The van der Waals surface area contributed by atoms with Crippen LogP contribution in [0.5, 0.6) is 0 Å². The van der Waals surface area contributed by atoms with E-state index in [0.717, 1.165) is 18.4 Å². The van der Waals surface area contributed by atoms with E-state index in [9.17, 15) is 0 Å². The summed E-state index contributed by atoms with van der Waals surface area (Å²) in [6.07, 6.45) is 7.55. The second kappa shape index (κ2) is 5.87. The number of nitrogens with zero attached hydrogens (tertiary/aromatic N) is 2. The lowest BCUT2D eigenvalue weighted by Crippen LogP contribution is -2.31. The van der Waals surface area contributed by atoms with Gasteiger partial charge in [-0.05, 0) is 38.1 Å². The van der Waals surface area contributed by atoms with Gasteiger partial charge in [0.25, 0.3) is 0 Å². The SMILES string of the molecule is CCNC(c1cnn(C)c1C)C1CCCC(C)C1. The second-order valence-corrected chi connectivity index (χ2v) is 5.88. The molecule has 0 radical (unpaired) electrons. The Morgan fingerprint density at radius 3 is 2.83 bits per heavy atom. The van der Waals surface area contributed by atoms with Gasteiger partial charge in [0.2, 0.25) is 0 Å². The molecule has 0 aromatic carbocycles. The van der Waals surface area contributed by atoms with Crippen molar-refractivity contribution in [3.8, 4) is 0 Å². The highest BCUT2D eigenvalue weighted by atomic mass is 15.3. The summed E-state index contributed by atoms with van der Waals surface area (Å²) in [6.45, 7) is 7.80. The van der Waals surface area contributed by atoms with Gasteiger partial charge in [-0.2, -0.15) is 5.10 Å². The summed E-state index contributed by atoms with van der Waals surface area (Å²) in [7, 11) is 2.03. The topological polar surface area (TPSA) is 29.9 Å².